The smallest absolute Gasteiger partial charge is 0.145 e. The molecule has 80 valence electrons. The third-order valence-electron chi connectivity index (χ3n) is 2.21. The summed E-state index contributed by atoms with van der Waals surface area (Å²) < 4.78 is 10.4. The molecule has 2 rings (SSSR count). The lowest BCUT2D eigenvalue weighted by molar-refractivity contribution is 0.544. The highest BCUT2D eigenvalue weighted by Gasteiger charge is 2.15. The third kappa shape index (κ3) is 1.76. The van der Waals surface area contributed by atoms with E-state index in [0.717, 1.165) is 0 Å². The molecule has 3 heteroatoms. The molecule has 0 fully saturated rings. The van der Waals surface area contributed by atoms with Crippen LogP contribution in [0.15, 0.2) is 51.7 Å². The molecular formula is C13H10O3. The van der Waals surface area contributed by atoms with Gasteiger partial charge in [0.15, 0.2) is 0 Å². The molecule has 2 heterocycles. The molecule has 0 aliphatic carbocycles. The van der Waals surface area contributed by atoms with E-state index in [1.54, 1.807) is 36.6 Å². The first kappa shape index (κ1) is 10.3. The van der Waals surface area contributed by atoms with Crippen LogP contribution >= 0.6 is 0 Å². The molecule has 0 aromatic carbocycles. The van der Waals surface area contributed by atoms with Crippen molar-refractivity contribution in [3.63, 3.8) is 0 Å². The van der Waals surface area contributed by atoms with Gasteiger partial charge in [-0.05, 0) is 31.2 Å². The molecule has 0 amide bonds. The Hall–Kier alpha value is -2.25. The third-order valence-corrected chi connectivity index (χ3v) is 2.21. The summed E-state index contributed by atoms with van der Waals surface area (Å²) in [5, 5.41) is 0. The number of hydrogen-bond acceptors (Lipinski definition) is 3. The minimum Gasteiger partial charge on any atom is -0.464 e. The van der Waals surface area contributed by atoms with Crippen molar-refractivity contribution in [3.05, 3.63) is 54.4 Å². The molecule has 0 saturated heterocycles. The molecule has 0 aliphatic rings. The minimum absolute atomic E-state index is 0.363. The Morgan fingerprint density at radius 3 is 2.25 bits per heavy atom. The van der Waals surface area contributed by atoms with E-state index in [1.165, 1.54) is 6.26 Å². The number of hydrogen-bond donors (Lipinski definition) is 0. The van der Waals surface area contributed by atoms with Crippen LogP contribution in [0.5, 0.6) is 0 Å². The van der Waals surface area contributed by atoms with Crippen molar-refractivity contribution >= 4 is 17.1 Å². The van der Waals surface area contributed by atoms with E-state index in [1.807, 2.05) is 12.9 Å². The van der Waals surface area contributed by atoms with E-state index in [4.69, 9.17) is 8.83 Å². The Morgan fingerprint density at radius 1 is 1.19 bits per heavy atom. The lowest BCUT2D eigenvalue weighted by Gasteiger charge is -2.02. The van der Waals surface area contributed by atoms with Crippen molar-refractivity contribution in [3.8, 4) is 0 Å². The largest absolute Gasteiger partial charge is 0.464 e. The quantitative estimate of drug-likeness (QED) is 0.582. The highest BCUT2D eigenvalue weighted by atomic mass is 16.3. The van der Waals surface area contributed by atoms with Crippen molar-refractivity contribution in [1.82, 2.24) is 0 Å². The molecule has 0 atom stereocenters. The molecule has 0 spiro atoms. The van der Waals surface area contributed by atoms with Gasteiger partial charge >= 0.3 is 0 Å². The first-order chi connectivity index (χ1) is 7.86. The van der Waals surface area contributed by atoms with Crippen LogP contribution in [0.25, 0.3) is 11.1 Å². The van der Waals surface area contributed by atoms with Crippen LogP contribution in [0.4, 0.5) is 0 Å². The Balaban J connectivity index is 2.47. The Kier molecular flexibility index (Phi) is 2.90. The van der Waals surface area contributed by atoms with Gasteiger partial charge in [0.1, 0.15) is 23.0 Å². The molecule has 0 bridgehead atoms. The van der Waals surface area contributed by atoms with Crippen molar-refractivity contribution in [1.29, 1.82) is 0 Å². The molecular weight excluding hydrogens is 204 g/mol. The highest BCUT2D eigenvalue weighted by molar-refractivity contribution is 6.13. The molecule has 2 aromatic heterocycles. The van der Waals surface area contributed by atoms with Crippen LogP contribution < -0.4 is 0 Å². The monoisotopic (exact) mass is 214 g/mol. The van der Waals surface area contributed by atoms with Crippen molar-refractivity contribution in [2.75, 3.05) is 0 Å². The number of allylic oxidation sites excluding steroid dienone is 3. The lowest BCUT2D eigenvalue weighted by atomic mass is 10.0. The van der Waals surface area contributed by atoms with E-state index >= 15 is 0 Å². The Morgan fingerprint density at radius 2 is 1.81 bits per heavy atom. The maximum absolute atomic E-state index is 11.0. The number of carbonyl (C=O) groups excluding carboxylic acids is 1. The predicted molar refractivity (Wildman–Crippen MR) is 60.2 cm³/mol. The van der Waals surface area contributed by atoms with Crippen LogP contribution in [0.3, 0.4) is 0 Å². The van der Waals surface area contributed by atoms with Gasteiger partial charge in [-0.3, -0.25) is 0 Å². The summed E-state index contributed by atoms with van der Waals surface area (Å²) in [7, 11) is 0. The fourth-order valence-corrected chi connectivity index (χ4v) is 1.50. The molecule has 0 saturated carbocycles. The van der Waals surface area contributed by atoms with Gasteiger partial charge in [0.2, 0.25) is 0 Å². The molecule has 2 aromatic rings. The predicted octanol–water partition coefficient (Wildman–Crippen LogP) is 3.19. The Bertz CT molecular complexity index is 524. The van der Waals surface area contributed by atoms with Gasteiger partial charge in [-0.2, -0.15) is 0 Å². The standard InChI is InChI=1S/C13H10O3/c1-2-10(12-5-3-7-15-12)11(9-14)13-6-4-8-16-13/h2-8H,1H3. The van der Waals surface area contributed by atoms with E-state index in [-0.39, 0.29) is 0 Å². The van der Waals surface area contributed by atoms with Crippen LogP contribution in [0, 0.1) is 0 Å². The van der Waals surface area contributed by atoms with Gasteiger partial charge in [0, 0.05) is 5.57 Å². The average molecular weight is 214 g/mol. The van der Waals surface area contributed by atoms with E-state index in [9.17, 15) is 4.79 Å². The summed E-state index contributed by atoms with van der Waals surface area (Å²) in [4.78, 5) is 11.0. The van der Waals surface area contributed by atoms with Crippen molar-refractivity contribution in [2.24, 2.45) is 0 Å². The zero-order chi connectivity index (χ0) is 11.4. The molecule has 0 unspecified atom stereocenters. The molecule has 0 radical (unpaired) electrons. The molecule has 16 heavy (non-hydrogen) atoms. The summed E-state index contributed by atoms with van der Waals surface area (Å²) in [5.41, 5.74) is 1.04. The summed E-state index contributed by atoms with van der Waals surface area (Å²) in [6.45, 7) is 1.83. The fraction of sp³-hybridized carbons (Fsp3) is 0.0769. The summed E-state index contributed by atoms with van der Waals surface area (Å²) in [5.74, 6) is 3.00. The zero-order valence-electron chi connectivity index (χ0n) is 8.77. The summed E-state index contributed by atoms with van der Waals surface area (Å²) >= 11 is 0. The Labute approximate surface area is 92.7 Å². The van der Waals surface area contributed by atoms with Gasteiger partial charge < -0.3 is 8.83 Å². The van der Waals surface area contributed by atoms with Crippen LogP contribution in [0.1, 0.15) is 18.4 Å². The first-order valence-corrected chi connectivity index (χ1v) is 4.86. The SMILES string of the molecule is CC=C(C(=C=O)c1ccco1)c1ccco1. The zero-order valence-corrected chi connectivity index (χ0v) is 8.77. The molecule has 0 aliphatic heterocycles. The number of rotatable bonds is 3. The van der Waals surface area contributed by atoms with Gasteiger partial charge in [-0.15, -0.1) is 0 Å². The fourth-order valence-electron chi connectivity index (χ4n) is 1.50. The van der Waals surface area contributed by atoms with Gasteiger partial charge in [-0.1, -0.05) is 6.08 Å². The van der Waals surface area contributed by atoms with Crippen molar-refractivity contribution < 1.29 is 13.6 Å². The summed E-state index contributed by atoms with van der Waals surface area (Å²) in [6.07, 6.45) is 4.87. The maximum Gasteiger partial charge on any atom is 0.145 e. The molecule has 3 nitrogen and oxygen atoms in total. The first-order valence-electron chi connectivity index (χ1n) is 4.86. The molecule has 0 N–H and O–H groups in total. The normalized spacial score (nSPS) is 11.2. The maximum atomic E-state index is 11.0. The minimum atomic E-state index is 0.363. The van der Waals surface area contributed by atoms with E-state index in [0.29, 0.717) is 22.7 Å². The summed E-state index contributed by atoms with van der Waals surface area (Å²) in [6, 6.07) is 6.99. The second kappa shape index (κ2) is 4.51. The highest BCUT2D eigenvalue weighted by Crippen LogP contribution is 2.29. The average Bonchev–Trinajstić information content (AvgIpc) is 2.97. The van der Waals surface area contributed by atoms with Crippen LogP contribution in [0.2, 0.25) is 0 Å². The topological polar surface area (TPSA) is 43.4 Å². The second-order valence-electron chi connectivity index (χ2n) is 3.13. The lowest BCUT2D eigenvalue weighted by Crippen LogP contribution is -1.87. The van der Waals surface area contributed by atoms with Crippen LogP contribution in [-0.4, -0.2) is 5.94 Å². The van der Waals surface area contributed by atoms with Gasteiger partial charge in [0.25, 0.3) is 0 Å². The van der Waals surface area contributed by atoms with Gasteiger partial charge in [0.05, 0.1) is 12.5 Å². The van der Waals surface area contributed by atoms with Gasteiger partial charge in [-0.25, -0.2) is 4.79 Å². The van der Waals surface area contributed by atoms with E-state index < -0.39 is 0 Å². The van der Waals surface area contributed by atoms with Crippen LogP contribution in [-0.2, 0) is 4.79 Å². The number of furan rings is 2. The second-order valence-corrected chi connectivity index (χ2v) is 3.13. The van der Waals surface area contributed by atoms with E-state index in [2.05, 4.69) is 0 Å². The van der Waals surface area contributed by atoms with Crippen molar-refractivity contribution in [2.45, 2.75) is 6.92 Å².